The first-order valence-corrected chi connectivity index (χ1v) is 9.22. The van der Waals surface area contributed by atoms with Crippen LogP contribution in [0.1, 0.15) is 37.4 Å². The molecule has 0 amide bonds. The summed E-state index contributed by atoms with van der Waals surface area (Å²) in [5.74, 6) is 0.737. The Morgan fingerprint density at radius 1 is 1.38 bits per heavy atom. The van der Waals surface area contributed by atoms with E-state index in [1.54, 1.807) is 7.11 Å². The van der Waals surface area contributed by atoms with Gasteiger partial charge in [0.2, 0.25) is 0 Å². The summed E-state index contributed by atoms with van der Waals surface area (Å²) in [5.41, 5.74) is 1.22. The van der Waals surface area contributed by atoms with Crippen LogP contribution in [0.25, 0.3) is 0 Å². The molecule has 2 aliphatic rings. The molecule has 1 saturated carbocycles. The fourth-order valence-corrected chi connectivity index (χ4v) is 4.29. The molecular weight excluding hydrogens is 304 g/mol. The summed E-state index contributed by atoms with van der Waals surface area (Å²) in [4.78, 5) is 2.38. The highest BCUT2D eigenvalue weighted by atomic mass is 16.5. The number of likely N-dealkylation sites (N-methyl/N-ethyl adjacent to an activating group) is 1. The Morgan fingerprint density at radius 3 is 2.83 bits per heavy atom. The molecule has 1 unspecified atom stereocenters. The third-order valence-corrected chi connectivity index (χ3v) is 5.66. The number of aromatic nitrogens is 2. The van der Waals surface area contributed by atoms with Crippen LogP contribution in [0.3, 0.4) is 0 Å². The van der Waals surface area contributed by atoms with Gasteiger partial charge < -0.3 is 14.8 Å². The zero-order valence-electron chi connectivity index (χ0n) is 15.3. The molecule has 1 aromatic heterocycles. The van der Waals surface area contributed by atoms with Gasteiger partial charge in [-0.3, -0.25) is 9.58 Å². The van der Waals surface area contributed by atoms with Gasteiger partial charge in [-0.15, -0.1) is 0 Å². The Hall–Kier alpha value is -0.950. The van der Waals surface area contributed by atoms with Crippen molar-refractivity contribution in [1.82, 2.24) is 20.0 Å². The van der Waals surface area contributed by atoms with Crippen LogP contribution in [0.15, 0.2) is 12.3 Å². The predicted molar refractivity (Wildman–Crippen MR) is 93.9 cm³/mol. The van der Waals surface area contributed by atoms with E-state index >= 15 is 0 Å². The maximum Gasteiger partial charge on any atom is 0.0911 e. The number of rotatable bonds is 7. The normalized spacial score (nSPS) is 27.6. The highest BCUT2D eigenvalue weighted by molar-refractivity contribution is 5.10. The summed E-state index contributed by atoms with van der Waals surface area (Å²) in [5, 5.41) is 8.10. The second kappa shape index (κ2) is 8.43. The van der Waals surface area contributed by atoms with Crippen LogP contribution in [0.4, 0.5) is 0 Å². The summed E-state index contributed by atoms with van der Waals surface area (Å²) in [6.07, 6.45) is 7.35. The molecule has 2 fully saturated rings. The number of hydrogen-bond acceptors (Lipinski definition) is 5. The highest BCUT2D eigenvalue weighted by Crippen LogP contribution is 2.30. The van der Waals surface area contributed by atoms with Gasteiger partial charge >= 0.3 is 0 Å². The Kier molecular flexibility index (Phi) is 6.27. The molecule has 1 saturated heterocycles. The van der Waals surface area contributed by atoms with Crippen LogP contribution in [0, 0.1) is 5.92 Å². The topological polar surface area (TPSA) is 51.5 Å². The van der Waals surface area contributed by atoms with Crippen LogP contribution >= 0.6 is 0 Å². The van der Waals surface area contributed by atoms with Crippen LogP contribution < -0.4 is 5.32 Å². The molecule has 0 aromatic carbocycles. The van der Waals surface area contributed by atoms with Gasteiger partial charge in [0.1, 0.15) is 0 Å². The first-order valence-electron chi connectivity index (χ1n) is 9.22. The molecular formula is C18H32N4O2. The van der Waals surface area contributed by atoms with Gasteiger partial charge in [-0.05, 0) is 31.9 Å². The first-order chi connectivity index (χ1) is 11.7. The standard InChI is InChI=1S/C18H32N4O2/c1-21-10-11-24-17(18(21)16-8-9-20-22(16)2)12-19-15(13-23-3)14-6-4-5-7-14/h8-9,14-15,17-19H,4-7,10-13H2,1-3H3/t15?,17-,18-/m0/s1. The lowest BCUT2D eigenvalue weighted by Crippen LogP contribution is -2.51. The lowest BCUT2D eigenvalue weighted by molar-refractivity contribution is -0.0661. The minimum atomic E-state index is 0.139. The summed E-state index contributed by atoms with van der Waals surface area (Å²) in [6, 6.07) is 2.78. The van der Waals surface area contributed by atoms with Crippen LogP contribution in [0.5, 0.6) is 0 Å². The summed E-state index contributed by atoms with van der Waals surface area (Å²) in [6.45, 7) is 3.38. The average Bonchev–Trinajstić information content (AvgIpc) is 3.23. The fraction of sp³-hybridized carbons (Fsp3) is 0.833. The zero-order chi connectivity index (χ0) is 16.9. The van der Waals surface area contributed by atoms with E-state index in [4.69, 9.17) is 9.47 Å². The van der Waals surface area contributed by atoms with Crippen LogP contribution in [0.2, 0.25) is 0 Å². The molecule has 1 aliphatic carbocycles. The van der Waals surface area contributed by atoms with E-state index in [-0.39, 0.29) is 12.1 Å². The van der Waals surface area contributed by atoms with Crippen LogP contribution in [-0.4, -0.2) is 67.3 Å². The Bertz CT molecular complexity index is 501. The van der Waals surface area contributed by atoms with Gasteiger partial charge in [0, 0.05) is 39.5 Å². The molecule has 6 nitrogen and oxygen atoms in total. The SMILES string of the molecule is COCC(NC[C@@H]1OCCN(C)[C@H]1c1ccnn1C)C1CCCC1. The number of aryl methyl sites for hydroxylation is 1. The van der Waals surface area contributed by atoms with Crippen molar-refractivity contribution in [2.24, 2.45) is 13.0 Å². The smallest absolute Gasteiger partial charge is 0.0911 e. The van der Waals surface area contributed by atoms with Crippen molar-refractivity contribution in [2.75, 3.05) is 40.5 Å². The molecule has 0 spiro atoms. The highest BCUT2D eigenvalue weighted by Gasteiger charge is 2.34. The molecule has 24 heavy (non-hydrogen) atoms. The van der Waals surface area contributed by atoms with Gasteiger partial charge in [-0.2, -0.15) is 5.10 Å². The first kappa shape index (κ1) is 17.9. The lowest BCUT2D eigenvalue weighted by atomic mass is 9.97. The van der Waals surface area contributed by atoms with Gasteiger partial charge in [0.25, 0.3) is 0 Å². The number of hydrogen-bond donors (Lipinski definition) is 1. The van der Waals surface area contributed by atoms with Crippen molar-refractivity contribution in [3.05, 3.63) is 18.0 Å². The molecule has 136 valence electrons. The van der Waals surface area contributed by atoms with Crippen molar-refractivity contribution in [3.63, 3.8) is 0 Å². The second-order valence-electron chi connectivity index (χ2n) is 7.23. The van der Waals surface area contributed by atoms with Crippen LogP contribution in [-0.2, 0) is 16.5 Å². The third-order valence-electron chi connectivity index (χ3n) is 5.66. The van der Waals surface area contributed by atoms with E-state index in [0.717, 1.165) is 32.2 Å². The Morgan fingerprint density at radius 2 is 2.17 bits per heavy atom. The summed E-state index contributed by atoms with van der Waals surface area (Å²) < 4.78 is 13.6. The van der Waals surface area contributed by atoms with Crippen molar-refractivity contribution < 1.29 is 9.47 Å². The maximum absolute atomic E-state index is 6.14. The number of nitrogens with zero attached hydrogens (tertiary/aromatic N) is 3. The van der Waals surface area contributed by atoms with E-state index in [9.17, 15) is 0 Å². The quantitative estimate of drug-likeness (QED) is 0.819. The summed E-state index contributed by atoms with van der Waals surface area (Å²) >= 11 is 0. The van der Waals surface area contributed by atoms with Crippen molar-refractivity contribution in [1.29, 1.82) is 0 Å². The molecule has 1 N–H and O–H groups in total. The molecule has 6 heteroatoms. The summed E-state index contributed by atoms with van der Waals surface area (Å²) in [7, 11) is 5.98. The van der Waals surface area contributed by atoms with E-state index in [1.807, 2.05) is 17.9 Å². The Balaban J connectivity index is 1.65. The number of nitrogens with one attached hydrogen (secondary N) is 1. The number of ether oxygens (including phenoxy) is 2. The molecule has 1 aromatic rings. The van der Waals surface area contributed by atoms with Crippen molar-refractivity contribution >= 4 is 0 Å². The van der Waals surface area contributed by atoms with Gasteiger partial charge in [0.15, 0.2) is 0 Å². The van der Waals surface area contributed by atoms with Crippen molar-refractivity contribution in [2.45, 2.75) is 43.9 Å². The number of morpholine rings is 1. The van der Waals surface area contributed by atoms with E-state index in [2.05, 4.69) is 28.4 Å². The molecule has 3 atom stereocenters. The van der Waals surface area contributed by atoms with E-state index in [0.29, 0.717) is 6.04 Å². The monoisotopic (exact) mass is 336 g/mol. The second-order valence-corrected chi connectivity index (χ2v) is 7.23. The molecule has 3 rings (SSSR count). The molecule has 0 bridgehead atoms. The van der Waals surface area contributed by atoms with Gasteiger partial charge in [-0.25, -0.2) is 0 Å². The fourth-order valence-electron chi connectivity index (χ4n) is 4.29. The minimum absolute atomic E-state index is 0.139. The number of methoxy groups -OCH3 is 1. The molecule has 0 radical (unpaired) electrons. The van der Waals surface area contributed by atoms with E-state index in [1.165, 1.54) is 31.4 Å². The van der Waals surface area contributed by atoms with Crippen molar-refractivity contribution in [3.8, 4) is 0 Å². The molecule has 1 aliphatic heterocycles. The minimum Gasteiger partial charge on any atom is -0.383 e. The van der Waals surface area contributed by atoms with Gasteiger partial charge in [-0.1, -0.05) is 12.8 Å². The lowest BCUT2D eigenvalue weighted by Gasteiger charge is -2.40. The maximum atomic E-state index is 6.14. The predicted octanol–water partition coefficient (Wildman–Crippen LogP) is 1.59. The average molecular weight is 336 g/mol. The van der Waals surface area contributed by atoms with E-state index < -0.39 is 0 Å². The Labute approximate surface area is 145 Å². The largest absolute Gasteiger partial charge is 0.383 e. The third kappa shape index (κ3) is 3.99. The zero-order valence-corrected chi connectivity index (χ0v) is 15.3. The van der Waals surface area contributed by atoms with Gasteiger partial charge in [0.05, 0.1) is 31.1 Å². The molecule has 2 heterocycles.